The average molecular weight is 365 g/mol. The van der Waals surface area contributed by atoms with E-state index in [0.29, 0.717) is 0 Å². The summed E-state index contributed by atoms with van der Waals surface area (Å²) < 4.78 is 85.3. The lowest BCUT2D eigenvalue weighted by Gasteiger charge is -2.22. The minimum Gasteiger partial charge on any atom is -0.808 e. The van der Waals surface area contributed by atoms with Crippen molar-refractivity contribution in [1.29, 1.82) is 0 Å². The molecule has 0 fully saturated rings. The van der Waals surface area contributed by atoms with Crippen LogP contribution in [-0.2, 0) is 12.4 Å². The highest BCUT2D eigenvalue weighted by atomic mass is 19.4. The molecule has 0 spiro atoms. The van der Waals surface area contributed by atoms with E-state index in [4.69, 9.17) is 0 Å². The second-order valence-electron chi connectivity index (χ2n) is 4.73. The summed E-state index contributed by atoms with van der Waals surface area (Å²) in [6.45, 7) is 0. The molecule has 0 radical (unpaired) electrons. The molecule has 2 rings (SSSR count). The molecule has 1 N–H and O–H groups in total. The van der Waals surface area contributed by atoms with Gasteiger partial charge in [0.1, 0.15) is 11.5 Å². The number of para-hydroxylation sites is 2. The molecule has 2 aromatic rings. The van der Waals surface area contributed by atoms with Crippen LogP contribution in [0.4, 0.5) is 26.3 Å². The standard InChI is InChI=1S/C14H8BF6O4/c16-13(17,18)8-5-9(14(19,20)21)7-10(6-8)24-15(23)25-12-4-2-1-3-11(12)22/h1-7,22H/q-1. The maximum Gasteiger partial charge on any atom is 0.492 e. The van der Waals surface area contributed by atoms with E-state index in [2.05, 4.69) is 9.31 Å². The van der Waals surface area contributed by atoms with Crippen molar-refractivity contribution in [3.63, 3.8) is 0 Å². The van der Waals surface area contributed by atoms with E-state index >= 15 is 0 Å². The van der Waals surface area contributed by atoms with Crippen LogP contribution in [0.25, 0.3) is 0 Å². The van der Waals surface area contributed by atoms with Gasteiger partial charge in [-0.15, -0.1) is 0 Å². The van der Waals surface area contributed by atoms with Crippen molar-refractivity contribution < 1.29 is 45.8 Å². The molecule has 0 amide bonds. The van der Waals surface area contributed by atoms with Gasteiger partial charge in [0, 0.05) is 0 Å². The number of alkyl halides is 6. The predicted molar refractivity (Wildman–Crippen MR) is 71.6 cm³/mol. The number of aromatic hydroxyl groups is 1. The second kappa shape index (κ2) is 6.75. The van der Waals surface area contributed by atoms with Gasteiger partial charge >= 0.3 is 19.7 Å². The van der Waals surface area contributed by atoms with E-state index in [1.54, 1.807) is 0 Å². The minimum atomic E-state index is -5.07. The average Bonchev–Trinajstić information content (AvgIpc) is 2.47. The van der Waals surface area contributed by atoms with Crippen LogP contribution in [0.1, 0.15) is 11.1 Å². The predicted octanol–water partition coefficient (Wildman–Crippen LogP) is 3.23. The van der Waals surface area contributed by atoms with Gasteiger partial charge in [-0.3, -0.25) is 0 Å². The van der Waals surface area contributed by atoms with Crippen molar-refractivity contribution >= 4 is 7.32 Å². The molecule has 0 bridgehead atoms. The van der Waals surface area contributed by atoms with Crippen LogP contribution < -0.4 is 14.3 Å². The molecular weight excluding hydrogens is 357 g/mol. The van der Waals surface area contributed by atoms with Crippen molar-refractivity contribution in [2.24, 2.45) is 0 Å². The zero-order chi connectivity index (χ0) is 18.8. The number of phenols is 1. The van der Waals surface area contributed by atoms with E-state index in [0.717, 1.165) is 12.1 Å². The molecule has 2 aromatic carbocycles. The number of rotatable bonds is 4. The summed E-state index contributed by atoms with van der Waals surface area (Å²) >= 11 is 0. The molecule has 134 valence electrons. The first-order valence-electron chi connectivity index (χ1n) is 6.53. The van der Waals surface area contributed by atoms with E-state index in [9.17, 15) is 36.5 Å². The first-order valence-corrected chi connectivity index (χ1v) is 6.53. The van der Waals surface area contributed by atoms with Gasteiger partial charge in [-0.05, 0) is 30.3 Å². The summed E-state index contributed by atoms with van der Waals surface area (Å²) in [5.41, 5.74) is -3.26. The van der Waals surface area contributed by atoms with Gasteiger partial charge in [-0.1, -0.05) is 12.1 Å². The van der Waals surface area contributed by atoms with Crippen molar-refractivity contribution in [1.82, 2.24) is 0 Å². The number of halogens is 6. The summed E-state index contributed by atoms with van der Waals surface area (Å²) in [5, 5.41) is 21.0. The lowest BCUT2D eigenvalue weighted by Crippen LogP contribution is -2.44. The Hall–Kier alpha value is -2.56. The molecule has 0 aliphatic carbocycles. The molecular formula is C14H8BF6O4-. The number of hydrogen-bond donors (Lipinski definition) is 1. The highest BCUT2D eigenvalue weighted by Crippen LogP contribution is 2.38. The Labute approximate surface area is 137 Å². The monoisotopic (exact) mass is 365 g/mol. The summed E-state index contributed by atoms with van der Waals surface area (Å²) in [6, 6.07) is 5.50. The largest absolute Gasteiger partial charge is 0.808 e. The van der Waals surface area contributed by atoms with Crippen LogP contribution in [0.2, 0.25) is 0 Å². The van der Waals surface area contributed by atoms with Crippen LogP contribution in [0.15, 0.2) is 42.5 Å². The maximum absolute atomic E-state index is 12.7. The highest BCUT2D eigenvalue weighted by Gasteiger charge is 2.37. The Kier molecular flexibility index (Phi) is 5.07. The third-order valence-electron chi connectivity index (χ3n) is 2.88. The Morgan fingerprint density at radius 1 is 0.840 bits per heavy atom. The molecule has 25 heavy (non-hydrogen) atoms. The Morgan fingerprint density at radius 3 is 1.84 bits per heavy atom. The van der Waals surface area contributed by atoms with Gasteiger partial charge in [0.05, 0.1) is 11.1 Å². The second-order valence-corrected chi connectivity index (χ2v) is 4.73. The van der Waals surface area contributed by atoms with Crippen LogP contribution >= 0.6 is 0 Å². The molecule has 4 nitrogen and oxygen atoms in total. The fraction of sp³-hybridized carbons (Fsp3) is 0.143. The Balaban J connectivity index is 2.27. The number of phenolic OH excluding ortho intramolecular Hbond substituents is 1. The summed E-state index contributed by atoms with van der Waals surface area (Å²) in [7, 11) is -2.50. The number of benzene rings is 2. The quantitative estimate of drug-likeness (QED) is 0.668. The normalized spacial score (nSPS) is 12.0. The zero-order valence-electron chi connectivity index (χ0n) is 12.1. The fourth-order valence-corrected chi connectivity index (χ4v) is 1.79. The summed E-state index contributed by atoms with van der Waals surface area (Å²) in [4.78, 5) is 0. The topological polar surface area (TPSA) is 61.8 Å². The molecule has 0 atom stereocenters. The van der Waals surface area contributed by atoms with E-state index < -0.39 is 42.3 Å². The van der Waals surface area contributed by atoms with Gasteiger partial charge in [-0.2, -0.15) is 26.3 Å². The molecule has 0 heterocycles. The third kappa shape index (κ3) is 4.96. The lowest BCUT2D eigenvalue weighted by atomic mass is 10.1. The van der Waals surface area contributed by atoms with Gasteiger partial charge < -0.3 is 19.4 Å². The lowest BCUT2D eigenvalue weighted by molar-refractivity contribution is -0.235. The first-order chi connectivity index (χ1) is 11.5. The van der Waals surface area contributed by atoms with Gasteiger partial charge in [0.15, 0.2) is 5.75 Å². The van der Waals surface area contributed by atoms with Gasteiger partial charge in [0.25, 0.3) is 0 Å². The molecule has 0 aliphatic heterocycles. The molecule has 0 aromatic heterocycles. The van der Waals surface area contributed by atoms with Crippen LogP contribution in [-0.4, -0.2) is 12.4 Å². The maximum atomic E-state index is 12.7. The van der Waals surface area contributed by atoms with E-state index in [1.807, 2.05) is 0 Å². The molecule has 0 aliphatic rings. The molecule has 0 saturated heterocycles. The van der Waals surface area contributed by atoms with Crippen molar-refractivity contribution in [3.05, 3.63) is 53.6 Å². The number of hydrogen-bond acceptors (Lipinski definition) is 4. The van der Waals surface area contributed by atoms with Crippen molar-refractivity contribution in [2.75, 3.05) is 0 Å². The molecule has 0 saturated carbocycles. The zero-order valence-corrected chi connectivity index (χ0v) is 12.1. The van der Waals surface area contributed by atoms with Gasteiger partial charge in [0.2, 0.25) is 0 Å². The van der Waals surface area contributed by atoms with Crippen LogP contribution in [0.3, 0.4) is 0 Å². The summed E-state index contributed by atoms with van der Waals surface area (Å²) in [5.74, 6) is -1.77. The SMILES string of the molecule is [O-]B(Oc1cc(C(F)(F)F)cc(C(F)(F)F)c1)Oc1ccccc1O. The van der Waals surface area contributed by atoms with Crippen LogP contribution in [0, 0.1) is 0 Å². The third-order valence-corrected chi connectivity index (χ3v) is 2.88. The molecule has 11 heteroatoms. The minimum absolute atomic E-state index is 0.101. The van der Waals surface area contributed by atoms with Crippen molar-refractivity contribution in [3.8, 4) is 17.2 Å². The molecule has 0 unspecified atom stereocenters. The summed E-state index contributed by atoms with van der Waals surface area (Å²) in [6.07, 6.45) is -10.1. The Morgan fingerprint density at radius 2 is 1.36 bits per heavy atom. The Bertz CT molecular complexity index is 715. The van der Waals surface area contributed by atoms with E-state index in [1.165, 1.54) is 12.1 Å². The highest BCUT2D eigenvalue weighted by molar-refractivity contribution is 6.34. The van der Waals surface area contributed by atoms with E-state index in [-0.39, 0.29) is 23.9 Å². The van der Waals surface area contributed by atoms with Gasteiger partial charge in [-0.25, -0.2) is 0 Å². The first kappa shape index (κ1) is 18.8. The smallest absolute Gasteiger partial charge is 0.492 e. The van der Waals surface area contributed by atoms with Crippen molar-refractivity contribution in [2.45, 2.75) is 12.4 Å². The van der Waals surface area contributed by atoms with Crippen LogP contribution in [0.5, 0.6) is 17.2 Å². The fourth-order valence-electron chi connectivity index (χ4n) is 1.79.